The van der Waals surface area contributed by atoms with Gasteiger partial charge in [0.25, 0.3) is 0 Å². The molecule has 0 N–H and O–H groups in total. The number of likely N-dealkylation sites (N-methyl/N-ethyl adjacent to an activating group) is 1. The predicted octanol–water partition coefficient (Wildman–Crippen LogP) is 15.0. The van der Waals surface area contributed by atoms with Crippen LogP contribution in [0.15, 0.2) is 109 Å². The summed E-state index contributed by atoms with van der Waals surface area (Å²) in [5.74, 6) is -2.31. The summed E-state index contributed by atoms with van der Waals surface area (Å²) in [6, 6.07) is 0. The van der Waals surface area contributed by atoms with E-state index >= 15 is 0 Å². The van der Waals surface area contributed by atoms with Gasteiger partial charge in [0, 0.05) is 12.8 Å². The molecule has 0 amide bonds. The number of carbonyl (C=O) groups excluding carboxylic acids is 3. The second-order valence-electron chi connectivity index (χ2n) is 19.5. The van der Waals surface area contributed by atoms with Gasteiger partial charge in [0.15, 0.2) is 12.4 Å². The van der Waals surface area contributed by atoms with Gasteiger partial charge >= 0.3 is 11.9 Å². The molecule has 0 saturated heterocycles. The zero-order valence-corrected chi connectivity index (χ0v) is 45.8. The van der Waals surface area contributed by atoms with Crippen molar-refractivity contribution in [2.45, 2.75) is 219 Å². The summed E-state index contributed by atoms with van der Waals surface area (Å²) in [5, 5.41) is 11.7. The normalized spacial score (nSPS) is 13.6. The van der Waals surface area contributed by atoms with Crippen LogP contribution in [-0.4, -0.2) is 82.3 Å². The molecular weight excluding hydrogens is 887 g/mol. The molecular formula is C62H103NO8. The second kappa shape index (κ2) is 52.3. The summed E-state index contributed by atoms with van der Waals surface area (Å²) in [5.41, 5.74) is 0. The van der Waals surface area contributed by atoms with E-state index in [0.717, 1.165) is 109 Å². The van der Waals surface area contributed by atoms with Crippen LogP contribution in [-0.2, 0) is 33.3 Å². The molecule has 71 heavy (non-hydrogen) atoms. The molecule has 0 rings (SSSR count). The SMILES string of the molecule is CC/C=C\C/C=C\C/C=C\C/C=C\C/C=C\C/C=C\C/C=C\C/C=C\C/C=C\CCCCCCCCCCCCCCCC(=O)OC(COC(=O)CCCCCCC)COC(OCC[N+](C)(C)C)C(=O)[O-]. The lowest BCUT2D eigenvalue weighted by atomic mass is 10.0. The first kappa shape index (κ1) is 67.0. The number of rotatable bonds is 50. The average molecular weight is 991 g/mol. The number of allylic oxidation sites excluding steroid dienone is 18. The van der Waals surface area contributed by atoms with Crippen molar-refractivity contribution in [1.29, 1.82) is 0 Å². The summed E-state index contributed by atoms with van der Waals surface area (Å²) < 4.78 is 22.4. The average Bonchev–Trinajstić information content (AvgIpc) is 3.34. The molecule has 0 aromatic carbocycles. The van der Waals surface area contributed by atoms with E-state index in [1.165, 1.54) is 64.2 Å². The van der Waals surface area contributed by atoms with E-state index < -0.39 is 24.3 Å². The number of unbranched alkanes of at least 4 members (excludes halogenated alkanes) is 17. The van der Waals surface area contributed by atoms with Gasteiger partial charge in [-0.2, -0.15) is 0 Å². The standard InChI is InChI=1S/C62H103NO8/c1-6-8-10-12-13-14-15-16-17-18-19-20-21-22-23-24-25-26-27-28-29-30-31-32-33-34-35-36-37-38-39-40-41-42-43-44-45-46-47-49-51-53-60(65)71-58(56-69-59(64)52-50-48-11-9-7-2)57-70-62(61(66)67)68-55-54-63(3,4)5/h8,10,13-14,16-17,19-20,22-23,25-26,28-29,31-32,34-35,58,62H,6-7,9,11-12,15,18,21,24,27,30,33,36-57H2,1-5H3/b10-8-,14-13-,17-16-,20-19-,23-22-,26-25-,29-28-,32-31-,35-34-. The molecule has 0 aromatic heterocycles. The fourth-order valence-corrected chi connectivity index (χ4v) is 7.23. The summed E-state index contributed by atoms with van der Waals surface area (Å²) >= 11 is 0. The highest BCUT2D eigenvalue weighted by Crippen LogP contribution is 2.15. The molecule has 9 heteroatoms. The maximum atomic E-state index is 12.7. The van der Waals surface area contributed by atoms with Crippen molar-refractivity contribution in [2.24, 2.45) is 0 Å². The van der Waals surface area contributed by atoms with Crippen LogP contribution in [0, 0.1) is 0 Å². The topological polar surface area (TPSA) is 111 Å². The molecule has 0 aliphatic carbocycles. The van der Waals surface area contributed by atoms with E-state index in [0.29, 0.717) is 17.4 Å². The number of ether oxygens (including phenoxy) is 4. The van der Waals surface area contributed by atoms with Crippen LogP contribution in [0.3, 0.4) is 0 Å². The van der Waals surface area contributed by atoms with Crippen molar-refractivity contribution >= 4 is 17.9 Å². The first-order valence-electron chi connectivity index (χ1n) is 28.0. The molecule has 0 radical (unpaired) electrons. The molecule has 0 bridgehead atoms. The van der Waals surface area contributed by atoms with Crippen molar-refractivity contribution in [3.8, 4) is 0 Å². The lowest BCUT2D eigenvalue weighted by molar-refractivity contribution is -0.870. The zero-order chi connectivity index (χ0) is 52.0. The number of carboxylic acid groups (broad SMARTS) is 1. The van der Waals surface area contributed by atoms with Gasteiger partial charge in [-0.15, -0.1) is 0 Å². The van der Waals surface area contributed by atoms with Gasteiger partial charge in [0.1, 0.15) is 13.2 Å². The Balaban J connectivity index is 3.93. The van der Waals surface area contributed by atoms with Crippen LogP contribution in [0.1, 0.15) is 206 Å². The fourth-order valence-electron chi connectivity index (χ4n) is 7.23. The highest BCUT2D eigenvalue weighted by Gasteiger charge is 2.22. The van der Waals surface area contributed by atoms with Gasteiger partial charge in [-0.3, -0.25) is 9.59 Å². The molecule has 0 aliphatic rings. The second-order valence-corrected chi connectivity index (χ2v) is 19.5. The van der Waals surface area contributed by atoms with E-state index in [-0.39, 0.29) is 38.6 Å². The summed E-state index contributed by atoms with van der Waals surface area (Å²) in [7, 11) is 5.90. The number of aliphatic carboxylic acids is 1. The number of esters is 2. The Morgan fingerprint density at radius 3 is 1.20 bits per heavy atom. The van der Waals surface area contributed by atoms with Crippen molar-refractivity contribution in [3.05, 3.63) is 109 Å². The first-order valence-corrected chi connectivity index (χ1v) is 28.0. The quantitative estimate of drug-likeness (QED) is 0.0195. The van der Waals surface area contributed by atoms with E-state index in [9.17, 15) is 19.5 Å². The maximum Gasteiger partial charge on any atom is 0.306 e. The molecule has 2 atom stereocenters. The van der Waals surface area contributed by atoms with Gasteiger partial charge in [-0.25, -0.2) is 0 Å². The fraction of sp³-hybridized carbons (Fsp3) is 0.661. The molecule has 404 valence electrons. The van der Waals surface area contributed by atoms with Crippen LogP contribution in [0.25, 0.3) is 0 Å². The Kier molecular flexibility index (Phi) is 49.3. The van der Waals surface area contributed by atoms with E-state index in [2.05, 4.69) is 123 Å². The number of hydrogen-bond donors (Lipinski definition) is 0. The number of quaternary nitrogens is 1. The van der Waals surface area contributed by atoms with E-state index in [1.54, 1.807) is 0 Å². The third kappa shape index (κ3) is 53.6. The van der Waals surface area contributed by atoms with Crippen LogP contribution >= 0.6 is 0 Å². The maximum absolute atomic E-state index is 12.7. The van der Waals surface area contributed by atoms with Gasteiger partial charge in [0.2, 0.25) is 0 Å². The van der Waals surface area contributed by atoms with Gasteiger partial charge in [-0.1, -0.05) is 220 Å². The Morgan fingerprint density at radius 1 is 0.437 bits per heavy atom. The summed E-state index contributed by atoms with van der Waals surface area (Å²) in [6.45, 7) is 4.51. The van der Waals surface area contributed by atoms with Gasteiger partial charge in [-0.05, 0) is 83.5 Å². The molecule has 0 spiro atoms. The van der Waals surface area contributed by atoms with Crippen molar-refractivity contribution in [1.82, 2.24) is 0 Å². The van der Waals surface area contributed by atoms with Crippen LogP contribution in [0.4, 0.5) is 0 Å². The Labute approximate surface area is 434 Å². The molecule has 0 heterocycles. The monoisotopic (exact) mass is 990 g/mol. The number of carbonyl (C=O) groups is 3. The summed E-state index contributed by atoms with van der Waals surface area (Å²) in [6.07, 6.45) is 69.2. The Morgan fingerprint density at radius 2 is 0.803 bits per heavy atom. The zero-order valence-electron chi connectivity index (χ0n) is 45.8. The van der Waals surface area contributed by atoms with Crippen LogP contribution < -0.4 is 5.11 Å². The molecule has 9 nitrogen and oxygen atoms in total. The molecule has 0 fully saturated rings. The molecule has 0 saturated carbocycles. The van der Waals surface area contributed by atoms with Crippen molar-refractivity contribution < 1.29 is 42.9 Å². The minimum Gasteiger partial charge on any atom is -0.545 e. The van der Waals surface area contributed by atoms with Gasteiger partial charge < -0.3 is 33.3 Å². The van der Waals surface area contributed by atoms with Gasteiger partial charge in [0.05, 0.1) is 40.3 Å². The molecule has 0 aromatic rings. The van der Waals surface area contributed by atoms with Crippen LogP contribution in [0.2, 0.25) is 0 Å². The Bertz CT molecular complexity index is 1530. The van der Waals surface area contributed by atoms with E-state index in [1.807, 2.05) is 21.1 Å². The highest BCUT2D eigenvalue weighted by atomic mass is 16.7. The summed E-state index contributed by atoms with van der Waals surface area (Å²) in [4.78, 5) is 36.7. The van der Waals surface area contributed by atoms with Crippen LogP contribution in [0.5, 0.6) is 0 Å². The predicted molar refractivity (Wildman–Crippen MR) is 297 cm³/mol. The number of nitrogens with zero attached hydrogens (tertiary/aromatic N) is 1. The minimum atomic E-state index is -1.62. The Hall–Kier alpha value is -4.05. The molecule has 0 aliphatic heterocycles. The number of carboxylic acids is 1. The first-order chi connectivity index (χ1) is 34.6. The third-order valence-electron chi connectivity index (χ3n) is 11.5. The minimum absolute atomic E-state index is 0.144. The highest BCUT2D eigenvalue weighted by molar-refractivity contribution is 5.70. The lowest BCUT2D eigenvalue weighted by Crippen LogP contribution is -2.44. The molecule has 2 unspecified atom stereocenters. The van der Waals surface area contributed by atoms with Crippen molar-refractivity contribution in [3.63, 3.8) is 0 Å². The lowest BCUT2D eigenvalue weighted by Gasteiger charge is -2.26. The smallest absolute Gasteiger partial charge is 0.306 e. The number of hydrogen-bond acceptors (Lipinski definition) is 8. The largest absolute Gasteiger partial charge is 0.545 e. The van der Waals surface area contributed by atoms with Crippen molar-refractivity contribution in [2.75, 3.05) is 47.5 Å². The van der Waals surface area contributed by atoms with E-state index in [4.69, 9.17) is 18.9 Å². The third-order valence-corrected chi connectivity index (χ3v) is 11.5.